The van der Waals surface area contributed by atoms with Crippen LogP contribution in [0.4, 0.5) is 5.82 Å². The number of aliphatic carboxylic acids is 1. The van der Waals surface area contributed by atoms with Crippen LogP contribution in [0.3, 0.4) is 0 Å². The van der Waals surface area contributed by atoms with Gasteiger partial charge >= 0.3 is 5.97 Å². The lowest BCUT2D eigenvalue weighted by Gasteiger charge is -2.32. The molecule has 40 heavy (non-hydrogen) atoms. The first kappa shape index (κ1) is 27.2. The van der Waals surface area contributed by atoms with E-state index in [1.54, 1.807) is 6.07 Å². The molecule has 0 amide bonds. The number of halogens is 2. The van der Waals surface area contributed by atoms with Crippen LogP contribution in [0.2, 0.25) is 10.0 Å². The maximum atomic E-state index is 11.5. The lowest BCUT2D eigenvalue weighted by molar-refractivity contribution is -0.139. The second-order valence-corrected chi connectivity index (χ2v) is 11.9. The summed E-state index contributed by atoms with van der Waals surface area (Å²) in [6.07, 6.45) is 1.81. The van der Waals surface area contributed by atoms with Crippen LogP contribution < -0.4 is 9.64 Å². The van der Waals surface area contributed by atoms with E-state index < -0.39 is 5.97 Å². The number of pyridine rings is 1. The molecule has 2 aliphatic heterocycles. The summed E-state index contributed by atoms with van der Waals surface area (Å²) in [6.45, 7) is 6.23. The van der Waals surface area contributed by atoms with Crippen molar-refractivity contribution in [2.24, 2.45) is 17.8 Å². The molecule has 11 heteroatoms. The van der Waals surface area contributed by atoms with Crippen LogP contribution >= 0.6 is 23.2 Å². The Kier molecular flexibility index (Phi) is 7.81. The van der Waals surface area contributed by atoms with Gasteiger partial charge < -0.3 is 19.6 Å². The van der Waals surface area contributed by atoms with Crippen molar-refractivity contribution in [1.29, 1.82) is 0 Å². The molecule has 1 N–H and O–H groups in total. The molecular weight excluding hydrogens is 551 g/mol. The second-order valence-electron chi connectivity index (χ2n) is 11.0. The number of rotatable bonds is 7. The van der Waals surface area contributed by atoms with E-state index in [2.05, 4.69) is 31.9 Å². The molecule has 1 saturated carbocycles. The van der Waals surface area contributed by atoms with Gasteiger partial charge in [-0.05, 0) is 80.7 Å². The lowest BCUT2D eigenvalue weighted by Crippen LogP contribution is -2.44. The normalized spacial score (nSPS) is 23.4. The van der Waals surface area contributed by atoms with Gasteiger partial charge in [-0.1, -0.05) is 23.2 Å². The van der Waals surface area contributed by atoms with Crippen molar-refractivity contribution in [3.05, 3.63) is 58.1 Å². The molecule has 2 saturated heterocycles. The Morgan fingerprint density at radius 3 is 2.25 bits per heavy atom. The number of carboxylic acid groups (broad SMARTS) is 1. The number of aromatic nitrogens is 3. The molecule has 0 unspecified atom stereocenters. The van der Waals surface area contributed by atoms with Gasteiger partial charge in [-0.25, -0.2) is 4.98 Å². The molecule has 3 fully saturated rings. The van der Waals surface area contributed by atoms with E-state index in [1.807, 2.05) is 36.4 Å². The summed E-state index contributed by atoms with van der Waals surface area (Å²) in [6, 6.07) is 13.1. The van der Waals surface area contributed by atoms with E-state index in [9.17, 15) is 9.90 Å². The number of likely N-dealkylation sites (tertiary alicyclic amines) is 1. The number of carbonyl (C=O) groups is 1. The van der Waals surface area contributed by atoms with Crippen LogP contribution in [0.1, 0.15) is 18.4 Å². The molecule has 3 aliphatic rings. The summed E-state index contributed by atoms with van der Waals surface area (Å²) in [5, 5.41) is 19.2. The van der Waals surface area contributed by atoms with Crippen molar-refractivity contribution in [1.82, 2.24) is 25.0 Å². The molecule has 6 rings (SSSR count). The molecule has 210 valence electrons. The Morgan fingerprint density at radius 1 is 0.925 bits per heavy atom. The Bertz CT molecular complexity index is 1350. The van der Waals surface area contributed by atoms with Crippen molar-refractivity contribution in [2.75, 3.05) is 51.2 Å². The highest BCUT2D eigenvalue weighted by Crippen LogP contribution is 2.52. The zero-order valence-corrected chi connectivity index (χ0v) is 23.9. The van der Waals surface area contributed by atoms with Gasteiger partial charge in [0.2, 0.25) is 11.8 Å². The molecule has 2 aromatic heterocycles. The van der Waals surface area contributed by atoms with Crippen LogP contribution in [0.5, 0.6) is 11.8 Å². The Hall–Kier alpha value is -2.98. The fourth-order valence-electron chi connectivity index (χ4n) is 6.02. The number of anilines is 1. The number of hydrogen-bond acceptors (Lipinski definition) is 8. The number of likely N-dealkylation sites (N-methyl/N-ethyl adjacent to an activating group) is 1. The Morgan fingerprint density at radius 2 is 1.62 bits per heavy atom. The predicted molar refractivity (Wildman–Crippen MR) is 154 cm³/mol. The highest BCUT2D eigenvalue weighted by Gasteiger charge is 2.54. The lowest BCUT2D eigenvalue weighted by atomic mass is 10.1. The van der Waals surface area contributed by atoms with Crippen molar-refractivity contribution in [2.45, 2.75) is 19.4 Å². The molecule has 9 nitrogen and oxygen atoms in total. The molecule has 0 bridgehead atoms. The highest BCUT2D eigenvalue weighted by atomic mass is 35.5. The number of carboxylic acids is 1. The minimum Gasteiger partial charge on any atom is -0.481 e. The number of benzene rings is 1. The summed E-state index contributed by atoms with van der Waals surface area (Å²) in [5.74, 6) is 1.41. The van der Waals surface area contributed by atoms with Crippen molar-refractivity contribution >= 4 is 35.0 Å². The fourth-order valence-corrected chi connectivity index (χ4v) is 6.55. The van der Waals surface area contributed by atoms with Crippen LogP contribution in [0, 0.1) is 17.8 Å². The largest absolute Gasteiger partial charge is 0.481 e. The first-order valence-electron chi connectivity index (χ1n) is 13.7. The van der Waals surface area contributed by atoms with Gasteiger partial charge in [-0.2, -0.15) is 0 Å². The van der Waals surface area contributed by atoms with E-state index >= 15 is 0 Å². The van der Waals surface area contributed by atoms with Gasteiger partial charge in [0.25, 0.3) is 0 Å². The van der Waals surface area contributed by atoms with E-state index in [0.717, 1.165) is 69.1 Å². The third-order valence-electron chi connectivity index (χ3n) is 8.26. The van der Waals surface area contributed by atoms with Gasteiger partial charge in [-0.3, -0.25) is 9.69 Å². The molecule has 1 aliphatic carbocycles. The van der Waals surface area contributed by atoms with Crippen molar-refractivity contribution in [3.8, 4) is 23.0 Å². The minimum absolute atomic E-state index is 0.161. The van der Waals surface area contributed by atoms with Crippen LogP contribution in [0.15, 0.2) is 42.5 Å². The van der Waals surface area contributed by atoms with Crippen LogP contribution in [-0.4, -0.2) is 82.4 Å². The number of ether oxygens (including phenoxy) is 1. The highest BCUT2D eigenvalue weighted by molar-refractivity contribution is 6.35. The van der Waals surface area contributed by atoms with E-state index in [0.29, 0.717) is 45.9 Å². The van der Waals surface area contributed by atoms with E-state index in [1.165, 1.54) is 0 Å². The first-order valence-corrected chi connectivity index (χ1v) is 14.5. The molecule has 0 radical (unpaired) electrons. The van der Waals surface area contributed by atoms with Gasteiger partial charge in [0.05, 0.1) is 11.6 Å². The molecular formula is C29H32Cl2N6O3. The zero-order chi connectivity index (χ0) is 27.8. The third kappa shape index (κ3) is 6.17. The zero-order valence-electron chi connectivity index (χ0n) is 22.3. The smallest absolute Gasteiger partial charge is 0.307 e. The molecule has 3 aromatic rings. The topological polar surface area (TPSA) is 94.9 Å². The summed E-state index contributed by atoms with van der Waals surface area (Å²) in [4.78, 5) is 23.1. The van der Waals surface area contributed by atoms with Gasteiger partial charge in [0, 0.05) is 60.5 Å². The quantitative estimate of drug-likeness (QED) is 0.416. The molecule has 0 spiro atoms. The van der Waals surface area contributed by atoms with Crippen molar-refractivity contribution in [3.63, 3.8) is 0 Å². The average molecular weight is 584 g/mol. The van der Waals surface area contributed by atoms with Crippen LogP contribution in [0.25, 0.3) is 11.3 Å². The summed E-state index contributed by atoms with van der Waals surface area (Å²) >= 11 is 12.6. The van der Waals surface area contributed by atoms with Crippen molar-refractivity contribution < 1.29 is 14.6 Å². The monoisotopic (exact) mass is 582 g/mol. The number of nitrogens with zero attached hydrogens (tertiary/aromatic N) is 6. The fraction of sp³-hybridized carbons (Fsp3) is 0.448. The second kappa shape index (κ2) is 11.5. The number of fused-ring (bicyclic) bond motifs is 1. The number of hydrogen-bond donors (Lipinski definition) is 1. The standard InChI is InChI=1S/C29H32Cl2N6O3/c1-35-8-10-37(11-9-35)25-2-3-26(34-33-25)40-27-13-18(12-24(32-27)19-14-20(30)16-21(31)15-19)17-36-6-4-22-23(5-7-36)28(22)29(38)39/h2-3,12-16,22-23,28H,4-11,17H2,1H3,(H,38,39)/t22-,23+,28-. The Balaban J connectivity index is 1.21. The van der Waals surface area contributed by atoms with Gasteiger partial charge in [-0.15, -0.1) is 10.2 Å². The molecule has 3 atom stereocenters. The maximum Gasteiger partial charge on any atom is 0.307 e. The van der Waals surface area contributed by atoms with Gasteiger partial charge in [0.1, 0.15) is 0 Å². The SMILES string of the molecule is CN1CCN(c2ccc(Oc3cc(CN4CC[C@@H]5[C@H](CC4)[C@@H]5C(=O)O)cc(-c4cc(Cl)cc(Cl)c4)n3)nn2)CC1. The van der Waals surface area contributed by atoms with E-state index in [4.69, 9.17) is 32.9 Å². The summed E-state index contributed by atoms with van der Waals surface area (Å²) in [5.41, 5.74) is 2.52. The minimum atomic E-state index is -0.649. The van der Waals surface area contributed by atoms with E-state index in [-0.39, 0.29) is 5.92 Å². The molecule has 4 heterocycles. The van der Waals surface area contributed by atoms with Crippen LogP contribution in [-0.2, 0) is 11.3 Å². The maximum absolute atomic E-state index is 11.5. The predicted octanol–water partition coefficient (Wildman–Crippen LogP) is 4.93. The Labute approximate surface area is 243 Å². The third-order valence-corrected chi connectivity index (χ3v) is 8.70. The summed E-state index contributed by atoms with van der Waals surface area (Å²) < 4.78 is 6.12. The van der Waals surface area contributed by atoms with Gasteiger partial charge in [0.15, 0.2) is 5.82 Å². The number of piperazine rings is 1. The average Bonchev–Trinajstić information content (AvgIpc) is 3.66. The molecule has 1 aromatic carbocycles. The first-order chi connectivity index (χ1) is 19.3. The summed E-state index contributed by atoms with van der Waals surface area (Å²) in [7, 11) is 2.12.